The minimum Gasteiger partial charge on any atom is -0.342 e. The first-order valence-corrected chi connectivity index (χ1v) is 5.88. The molecule has 0 spiro atoms. The van der Waals surface area contributed by atoms with Crippen LogP contribution in [0.4, 0.5) is 0 Å². The van der Waals surface area contributed by atoms with E-state index in [1.54, 1.807) is 4.90 Å². The van der Waals surface area contributed by atoms with E-state index in [-0.39, 0.29) is 23.8 Å². The molecule has 2 amide bonds. The van der Waals surface area contributed by atoms with E-state index in [2.05, 4.69) is 11.2 Å². The summed E-state index contributed by atoms with van der Waals surface area (Å²) in [6.07, 6.45) is 6.54. The van der Waals surface area contributed by atoms with Crippen LogP contribution < -0.4 is 5.32 Å². The zero-order valence-corrected chi connectivity index (χ0v) is 10.7. The smallest absolute Gasteiger partial charge is 0.246 e. The Morgan fingerprint density at radius 1 is 1.47 bits per heavy atom. The Morgan fingerprint density at radius 3 is 2.65 bits per heavy atom. The van der Waals surface area contributed by atoms with E-state index in [9.17, 15) is 9.59 Å². The van der Waals surface area contributed by atoms with Crippen molar-refractivity contribution in [2.24, 2.45) is 5.41 Å². The number of terminal acetylenes is 1. The maximum absolute atomic E-state index is 12.2. The topological polar surface area (TPSA) is 49.4 Å². The maximum Gasteiger partial charge on any atom is 0.246 e. The Balaban J connectivity index is 2.70. The summed E-state index contributed by atoms with van der Waals surface area (Å²) in [6, 6.07) is -0.436. The minimum atomic E-state index is -0.436. The van der Waals surface area contributed by atoms with E-state index < -0.39 is 6.04 Å². The normalized spacial score (nSPS) is 21.1. The summed E-state index contributed by atoms with van der Waals surface area (Å²) in [7, 11) is 0. The second-order valence-corrected chi connectivity index (χ2v) is 5.43. The standard InChI is InChI=1S/C13H20N2O2/c1-5-6-7-8-15-9-10(16)14-11(12(15)17)13(2,3)4/h1,11H,6-9H2,2-4H3,(H,14,16). The molecule has 1 aliphatic rings. The van der Waals surface area contributed by atoms with Gasteiger partial charge in [0.15, 0.2) is 0 Å². The minimum absolute atomic E-state index is 0.00544. The number of amides is 2. The lowest BCUT2D eigenvalue weighted by molar-refractivity contribution is -0.147. The molecule has 17 heavy (non-hydrogen) atoms. The number of nitrogens with zero attached hydrogens (tertiary/aromatic N) is 1. The summed E-state index contributed by atoms with van der Waals surface area (Å²) in [5.41, 5.74) is -0.266. The SMILES string of the molecule is C#CCCCN1CC(=O)NC(C(C)(C)C)C1=O. The van der Waals surface area contributed by atoms with Crippen molar-refractivity contribution in [1.29, 1.82) is 0 Å². The molecular weight excluding hydrogens is 216 g/mol. The highest BCUT2D eigenvalue weighted by atomic mass is 16.2. The molecule has 94 valence electrons. The number of carbonyl (C=O) groups excluding carboxylic acids is 2. The van der Waals surface area contributed by atoms with Crippen molar-refractivity contribution in [3.05, 3.63) is 0 Å². The number of piperazine rings is 1. The fraction of sp³-hybridized carbons (Fsp3) is 0.692. The molecule has 1 N–H and O–H groups in total. The van der Waals surface area contributed by atoms with Crippen LogP contribution in [0.15, 0.2) is 0 Å². The number of rotatable bonds is 3. The molecule has 0 aromatic carbocycles. The highest BCUT2D eigenvalue weighted by Crippen LogP contribution is 2.23. The number of hydrogen-bond acceptors (Lipinski definition) is 2. The molecule has 1 rings (SSSR count). The molecule has 0 radical (unpaired) electrons. The lowest BCUT2D eigenvalue weighted by atomic mass is 9.84. The Kier molecular flexibility index (Phi) is 4.17. The van der Waals surface area contributed by atoms with Gasteiger partial charge in [-0.15, -0.1) is 12.3 Å². The first kappa shape index (κ1) is 13.6. The van der Waals surface area contributed by atoms with Crippen LogP contribution >= 0.6 is 0 Å². The van der Waals surface area contributed by atoms with Crippen LogP contribution in [0.25, 0.3) is 0 Å². The Hall–Kier alpha value is -1.50. The van der Waals surface area contributed by atoms with Crippen molar-refractivity contribution in [1.82, 2.24) is 10.2 Å². The van der Waals surface area contributed by atoms with Gasteiger partial charge in [-0.05, 0) is 11.8 Å². The maximum atomic E-state index is 12.2. The molecule has 0 aromatic heterocycles. The predicted molar refractivity (Wildman–Crippen MR) is 66.0 cm³/mol. The van der Waals surface area contributed by atoms with E-state index in [0.29, 0.717) is 13.0 Å². The Labute approximate surface area is 103 Å². The summed E-state index contributed by atoms with van der Waals surface area (Å²) in [5, 5.41) is 2.76. The third kappa shape index (κ3) is 3.48. The summed E-state index contributed by atoms with van der Waals surface area (Å²) in [4.78, 5) is 25.3. The van der Waals surface area contributed by atoms with Gasteiger partial charge in [0.25, 0.3) is 0 Å². The van der Waals surface area contributed by atoms with E-state index >= 15 is 0 Å². The molecule has 4 nitrogen and oxygen atoms in total. The molecule has 1 atom stereocenters. The van der Waals surface area contributed by atoms with E-state index in [1.165, 1.54) is 0 Å². The molecule has 1 fully saturated rings. The van der Waals surface area contributed by atoms with Crippen LogP contribution in [0, 0.1) is 17.8 Å². The first-order chi connectivity index (χ1) is 7.86. The lowest BCUT2D eigenvalue weighted by Gasteiger charge is -2.38. The second-order valence-electron chi connectivity index (χ2n) is 5.43. The van der Waals surface area contributed by atoms with Crippen molar-refractivity contribution < 1.29 is 9.59 Å². The number of unbranched alkanes of at least 4 members (excludes halogenated alkanes) is 1. The highest BCUT2D eigenvalue weighted by Gasteiger charge is 2.39. The van der Waals surface area contributed by atoms with Crippen LogP contribution in [-0.2, 0) is 9.59 Å². The monoisotopic (exact) mass is 236 g/mol. The van der Waals surface area contributed by atoms with E-state index in [4.69, 9.17) is 6.42 Å². The molecular formula is C13H20N2O2. The van der Waals surface area contributed by atoms with Crippen LogP contribution in [0.1, 0.15) is 33.6 Å². The van der Waals surface area contributed by atoms with Crippen LogP contribution in [0.3, 0.4) is 0 Å². The van der Waals surface area contributed by atoms with Gasteiger partial charge >= 0.3 is 0 Å². The van der Waals surface area contributed by atoms with Gasteiger partial charge in [-0.2, -0.15) is 0 Å². The van der Waals surface area contributed by atoms with Gasteiger partial charge in [0, 0.05) is 13.0 Å². The molecule has 1 aliphatic heterocycles. The molecule has 1 saturated heterocycles. The van der Waals surface area contributed by atoms with Gasteiger partial charge in [0.2, 0.25) is 11.8 Å². The largest absolute Gasteiger partial charge is 0.342 e. The van der Waals surface area contributed by atoms with Crippen molar-refractivity contribution in [2.75, 3.05) is 13.1 Å². The van der Waals surface area contributed by atoms with Gasteiger partial charge in [0.1, 0.15) is 6.04 Å². The Morgan fingerprint density at radius 2 is 2.12 bits per heavy atom. The highest BCUT2D eigenvalue weighted by molar-refractivity contribution is 5.95. The predicted octanol–water partition coefficient (Wildman–Crippen LogP) is 0.773. The molecule has 0 bridgehead atoms. The van der Waals surface area contributed by atoms with Gasteiger partial charge < -0.3 is 10.2 Å². The summed E-state index contributed by atoms with van der Waals surface area (Å²) < 4.78 is 0. The van der Waals surface area contributed by atoms with Crippen LogP contribution in [-0.4, -0.2) is 35.8 Å². The summed E-state index contributed by atoms with van der Waals surface area (Å²) >= 11 is 0. The molecule has 4 heteroatoms. The quantitative estimate of drug-likeness (QED) is 0.581. The van der Waals surface area contributed by atoms with Crippen molar-refractivity contribution in [2.45, 2.75) is 39.7 Å². The van der Waals surface area contributed by atoms with Crippen LogP contribution in [0.2, 0.25) is 0 Å². The Bertz CT molecular complexity index is 349. The summed E-state index contributed by atoms with van der Waals surface area (Å²) in [6.45, 7) is 6.54. The van der Waals surface area contributed by atoms with Gasteiger partial charge in [-0.3, -0.25) is 9.59 Å². The van der Waals surface area contributed by atoms with Crippen molar-refractivity contribution >= 4 is 11.8 Å². The zero-order valence-electron chi connectivity index (χ0n) is 10.7. The number of nitrogens with one attached hydrogen (secondary N) is 1. The fourth-order valence-electron chi connectivity index (χ4n) is 1.85. The first-order valence-electron chi connectivity index (χ1n) is 5.88. The summed E-state index contributed by atoms with van der Waals surface area (Å²) in [5.74, 6) is 2.44. The third-order valence-corrected chi connectivity index (χ3v) is 2.81. The molecule has 1 heterocycles. The second kappa shape index (κ2) is 5.22. The van der Waals surface area contributed by atoms with E-state index in [1.807, 2.05) is 20.8 Å². The van der Waals surface area contributed by atoms with Crippen LogP contribution in [0.5, 0.6) is 0 Å². The molecule has 0 aliphatic carbocycles. The molecule has 1 unspecified atom stereocenters. The lowest BCUT2D eigenvalue weighted by Crippen LogP contribution is -2.62. The van der Waals surface area contributed by atoms with E-state index in [0.717, 1.165) is 6.42 Å². The zero-order chi connectivity index (χ0) is 13.1. The van der Waals surface area contributed by atoms with Crippen molar-refractivity contribution in [3.8, 4) is 12.3 Å². The average Bonchev–Trinajstić information content (AvgIpc) is 2.21. The molecule has 0 aromatic rings. The number of carbonyl (C=O) groups is 2. The van der Waals surface area contributed by atoms with Gasteiger partial charge in [0.05, 0.1) is 6.54 Å². The van der Waals surface area contributed by atoms with Gasteiger partial charge in [-0.1, -0.05) is 20.8 Å². The third-order valence-electron chi connectivity index (χ3n) is 2.81. The van der Waals surface area contributed by atoms with Crippen molar-refractivity contribution in [3.63, 3.8) is 0 Å². The van der Waals surface area contributed by atoms with Gasteiger partial charge in [-0.25, -0.2) is 0 Å². The number of hydrogen-bond donors (Lipinski definition) is 1. The average molecular weight is 236 g/mol. The molecule has 0 saturated carbocycles. The fourth-order valence-corrected chi connectivity index (χ4v) is 1.85.